The first-order valence-electron chi connectivity index (χ1n) is 8.56. The molecule has 5 rings (SSSR count). The number of carbonyl (C=O) groups is 1. The number of nitrogens with one attached hydrogen (secondary N) is 2. The standard InChI is InChI=1S/C19H14N8O/c1-27-18-16(25-26-27)12(7-9-21-18)19(28)22-11-5-6-13-15(10-11)24-17(23-13)14-4-2-3-8-20-14/h2-10H,1H3,(H,22,28)(H,23,24). The van der Waals surface area contributed by atoms with Gasteiger partial charge in [-0.05, 0) is 36.4 Å². The van der Waals surface area contributed by atoms with E-state index in [0.29, 0.717) is 28.2 Å². The smallest absolute Gasteiger partial charge is 0.258 e. The second-order valence-corrected chi connectivity index (χ2v) is 6.23. The summed E-state index contributed by atoms with van der Waals surface area (Å²) >= 11 is 0. The number of nitrogens with zero attached hydrogens (tertiary/aromatic N) is 6. The minimum atomic E-state index is -0.281. The van der Waals surface area contributed by atoms with Crippen molar-refractivity contribution in [1.29, 1.82) is 0 Å². The summed E-state index contributed by atoms with van der Waals surface area (Å²) in [6.45, 7) is 0. The fraction of sp³-hybridized carbons (Fsp3) is 0.0526. The number of pyridine rings is 2. The van der Waals surface area contributed by atoms with Gasteiger partial charge in [-0.15, -0.1) is 5.10 Å². The third-order valence-electron chi connectivity index (χ3n) is 4.38. The van der Waals surface area contributed by atoms with Gasteiger partial charge in [0.15, 0.2) is 11.5 Å². The van der Waals surface area contributed by atoms with E-state index in [9.17, 15) is 4.79 Å². The van der Waals surface area contributed by atoms with Gasteiger partial charge in [-0.3, -0.25) is 9.78 Å². The Balaban J connectivity index is 1.47. The quantitative estimate of drug-likeness (QED) is 0.504. The molecule has 0 radical (unpaired) electrons. The first-order valence-corrected chi connectivity index (χ1v) is 8.56. The molecule has 0 unspecified atom stereocenters. The molecule has 28 heavy (non-hydrogen) atoms. The van der Waals surface area contributed by atoms with Gasteiger partial charge in [0, 0.05) is 25.1 Å². The van der Waals surface area contributed by atoms with Gasteiger partial charge in [0.25, 0.3) is 5.91 Å². The number of hydrogen-bond donors (Lipinski definition) is 2. The summed E-state index contributed by atoms with van der Waals surface area (Å²) in [6.07, 6.45) is 3.29. The molecule has 0 spiro atoms. The lowest BCUT2D eigenvalue weighted by molar-refractivity contribution is 0.102. The zero-order valence-corrected chi connectivity index (χ0v) is 14.8. The van der Waals surface area contributed by atoms with E-state index in [1.807, 2.05) is 30.3 Å². The Labute approximate surface area is 158 Å². The number of imidazole rings is 1. The molecule has 0 aliphatic carbocycles. The van der Waals surface area contributed by atoms with Crippen LogP contribution < -0.4 is 5.32 Å². The molecule has 9 nitrogen and oxygen atoms in total. The average Bonchev–Trinajstić information content (AvgIpc) is 3.32. The summed E-state index contributed by atoms with van der Waals surface area (Å²) < 4.78 is 1.53. The third-order valence-corrected chi connectivity index (χ3v) is 4.38. The molecule has 4 heterocycles. The van der Waals surface area contributed by atoms with Gasteiger partial charge in [-0.25, -0.2) is 14.6 Å². The number of amides is 1. The van der Waals surface area contributed by atoms with Gasteiger partial charge in [0.1, 0.15) is 11.2 Å². The van der Waals surface area contributed by atoms with Gasteiger partial charge in [0.2, 0.25) is 0 Å². The van der Waals surface area contributed by atoms with Crippen LogP contribution in [0, 0.1) is 0 Å². The summed E-state index contributed by atoms with van der Waals surface area (Å²) in [7, 11) is 1.73. The summed E-state index contributed by atoms with van der Waals surface area (Å²) in [5, 5.41) is 10.9. The number of aromatic nitrogens is 7. The van der Waals surface area contributed by atoms with Gasteiger partial charge in [-0.1, -0.05) is 11.3 Å². The van der Waals surface area contributed by atoms with Crippen molar-refractivity contribution in [3.63, 3.8) is 0 Å². The Hall–Kier alpha value is -4.14. The predicted octanol–water partition coefficient (Wildman–Crippen LogP) is 2.55. The Morgan fingerprint density at radius 2 is 2.04 bits per heavy atom. The molecule has 9 heteroatoms. The molecule has 0 aliphatic rings. The topological polar surface area (TPSA) is 114 Å². The number of hydrogen-bond acceptors (Lipinski definition) is 6. The van der Waals surface area contributed by atoms with Crippen LogP contribution in [0.5, 0.6) is 0 Å². The molecular formula is C19H14N8O. The Morgan fingerprint density at radius 3 is 2.89 bits per heavy atom. The Morgan fingerprint density at radius 1 is 1.11 bits per heavy atom. The van der Waals surface area contributed by atoms with E-state index in [1.54, 1.807) is 31.6 Å². The van der Waals surface area contributed by atoms with Crippen LogP contribution in [0.4, 0.5) is 5.69 Å². The normalized spacial score (nSPS) is 11.2. The van der Waals surface area contributed by atoms with E-state index >= 15 is 0 Å². The third kappa shape index (κ3) is 2.65. The Bertz CT molecular complexity index is 1320. The molecule has 5 aromatic rings. The van der Waals surface area contributed by atoms with Crippen molar-refractivity contribution in [3.05, 3.63) is 60.4 Å². The van der Waals surface area contributed by atoms with Crippen LogP contribution in [-0.4, -0.2) is 40.8 Å². The van der Waals surface area contributed by atoms with E-state index < -0.39 is 0 Å². The lowest BCUT2D eigenvalue weighted by atomic mass is 10.2. The summed E-state index contributed by atoms with van der Waals surface area (Å²) in [6, 6.07) is 12.8. The number of aromatic amines is 1. The van der Waals surface area contributed by atoms with Gasteiger partial charge < -0.3 is 10.3 Å². The number of anilines is 1. The van der Waals surface area contributed by atoms with Crippen LogP contribution >= 0.6 is 0 Å². The van der Waals surface area contributed by atoms with Gasteiger partial charge in [-0.2, -0.15) is 0 Å². The van der Waals surface area contributed by atoms with Crippen molar-refractivity contribution >= 4 is 33.8 Å². The first kappa shape index (κ1) is 16.1. The van der Waals surface area contributed by atoms with Crippen molar-refractivity contribution in [2.24, 2.45) is 7.05 Å². The number of H-pyrrole nitrogens is 1. The zero-order valence-electron chi connectivity index (χ0n) is 14.8. The van der Waals surface area contributed by atoms with E-state index in [1.165, 1.54) is 4.68 Å². The lowest BCUT2D eigenvalue weighted by Crippen LogP contribution is -2.12. The number of fused-ring (bicyclic) bond motifs is 2. The van der Waals surface area contributed by atoms with Gasteiger partial charge in [0.05, 0.1) is 16.6 Å². The zero-order chi connectivity index (χ0) is 19.1. The second kappa shape index (κ2) is 6.23. The number of rotatable bonds is 3. The van der Waals surface area contributed by atoms with Gasteiger partial charge >= 0.3 is 0 Å². The summed E-state index contributed by atoms with van der Waals surface area (Å²) in [4.78, 5) is 29.0. The highest BCUT2D eigenvalue weighted by Gasteiger charge is 2.15. The van der Waals surface area contributed by atoms with E-state index in [2.05, 4.69) is 35.6 Å². The van der Waals surface area contributed by atoms with Crippen LogP contribution in [-0.2, 0) is 7.05 Å². The molecule has 136 valence electrons. The highest BCUT2D eigenvalue weighted by molar-refractivity contribution is 6.11. The number of benzene rings is 1. The maximum Gasteiger partial charge on any atom is 0.258 e. The minimum absolute atomic E-state index is 0.281. The Kier molecular flexibility index (Phi) is 3.58. The molecule has 0 fully saturated rings. The van der Waals surface area contributed by atoms with Crippen LogP contribution in [0.25, 0.3) is 33.7 Å². The minimum Gasteiger partial charge on any atom is -0.337 e. The van der Waals surface area contributed by atoms with Crippen LogP contribution in [0.1, 0.15) is 10.4 Å². The number of carbonyl (C=O) groups excluding carboxylic acids is 1. The van der Waals surface area contributed by atoms with Crippen molar-refractivity contribution in [1.82, 2.24) is 34.9 Å². The number of aryl methyl sites for hydroxylation is 1. The van der Waals surface area contributed by atoms with Crippen LogP contribution in [0.2, 0.25) is 0 Å². The molecule has 0 aliphatic heterocycles. The molecule has 4 aromatic heterocycles. The lowest BCUT2D eigenvalue weighted by Gasteiger charge is -2.05. The second-order valence-electron chi connectivity index (χ2n) is 6.23. The fourth-order valence-electron chi connectivity index (χ4n) is 3.03. The largest absolute Gasteiger partial charge is 0.337 e. The summed E-state index contributed by atoms with van der Waals surface area (Å²) in [5.74, 6) is 0.395. The fourth-order valence-corrected chi connectivity index (χ4v) is 3.03. The molecule has 0 saturated carbocycles. The van der Waals surface area contributed by atoms with Crippen molar-refractivity contribution in [2.45, 2.75) is 0 Å². The summed E-state index contributed by atoms with van der Waals surface area (Å²) in [5.41, 5.74) is 4.42. The van der Waals surface area contributed by atoms with Crippen LogP contribution in [0.15, 0.2) is 54.9 Å². The SMILES string of the molecule is Cn1nnc2c(C(=O)Nc3ccc4nc(-c5ccccn5)[nH]c4c3)ccnc21. The monoisotopic (exact) mass is 370 g/mol. The maximum absolute atomic E-state index is 12.7. The maximum atomic E-state index is 12.7. The van der Waals surface area contributed by atoms with Crippen molar-refractivity contribution in [2.75, 3.05) is 5.32 Å². The molecule has 0 bridgehead atoms. The highest BCUT2D eigenvalue weighted by atomic mass is 16.1. The van der Waals surface area contributed by atoms with Crippen molar-refractivity contribution in [3.8, 4) is 11.5 Å². The van der Waals surface area contributed by atoms with E-state index in [0.717, 1.165) is 16.7 Å². The molecule has 2 N–H and O–H groups in total. The molecule has 0 atom stereocenters. The highest BCUT2D eigenvalue weighted by Crippen LogP contribution is 2.22. The van der Waals surface area contributed by atoms with E-state index in [4.69, 9.17) is 0 Å². The molecular weight excluding hydrogens is 356 g/mol. The molecule has 0 saturated heterocycles. The average molecular weight is 370 g/mol. The van der Waals surface area contributed by atoms with Crippen LogP contribution in [0.3, 0.4) is 0 Å². The van der Waals surface area contributed by atoms with E-state index in [-0.39, 0.29) is 5.91 Å². The molecule has 1 amide bonds. The van der Waals surface area contributed by atoms with Crippen molar-refractivity contribution < 1.29 is 4.79 Å². The first-order chi connectivity index (χ1) is 13.7. The molecule has 1 aromatic carbocycles. The predicted molar refractivity (Wildman–Crippen MR) is 104 cm³/mol.